The summed E-state index contributed by atoms with van der Waals surface area (Å²) >= 11 is 2.50. The van der Waals surface area contributed by atoms with Crippen LogP contribution in [0.15, 0.2) is 23.0 Å². The normalized spacial score (nSPS) is 13.5. The fraction of sp³-hybridized carbons (Fsp3) is 0.662. The van der Waals surface area contributed by atoms with E-state index in [0.29, 0.717) is 56.9 Å². The Kier molecular flexibility index (Phi) is 60.8. The van der Waals surface area contributed by atoms with Crippen LogP contribution in [0.4, 0.5) is 9.59 Å². The van der Waals surface area contributed by atoms with Gasteiger partial charge in [0.15, 0.2) is 12.5 Å². The molecule has 44 nitrogen and oxygen atoms in total. The molecule has 1 rings (SSSR count). The maximum Gasteiger partial charge on any atom is 0.326 e. The Morgan fingerprint density at radius 3 is 0.974 bits per heavy atom. The highest BCUT2D eigenvalue weighted by molar-refractivity contribution is 8.18. The second-order valence-corrected chi connectivity index (χ2v) is 27.5. The van der Waals surface area contributed by atoms with E-state index in [4.69, 9.17) is 29.2 Å². The van der Waals surface area contributed by atoms with E-state index in [1.807, 2.05) is 0 Å². The van der Waals surface area contributed by atoms with Crippen LogP contribution in [-0.4, -0.2) is 311 Å². The number of carboxylic acid groups (broad SMARTS) is 4. The van der Waals surface area contributed by atoms with Gasteiger partial charge in [-0.3, -0.25) is 76.7 Å². The predicted molar refractivity (Wildman–Crippen MR) is 414 cm³/mol. The van der Waals surface area contributed by atoms with E-state index in [9.17, 15) is 106 Å². The molecule has 0 aliphatic carbocycles. The Labute approximate surface area is 683 Å². The zero-order valence-corrected chi connectivity index (χ0v) is 66.9. The summed E-state index contributed by atoms with van der Waals surface area (Å²) in [6.45, 7) is 1.64. The lowest BCUT2D eigenvalue weighted by atomic mass is 10.1. The molecule has 0 unspecified atom stereocenters. The van der Waals surface area contributed by atoms with Crippen molar-refractivity contribution in [3.8, 4) is 0 Å². The molecule has 1 aliphatic rings. The Bertz CT molecular complexity index is 3030. The summed E-state index contributed by atoms with van der Waals surface area (Å²) in [6, 6.07) is -4.97. The minimum absolute atomic E-state index is 0.00613. The molecule has 658 valence electrons. The first kappa shape index (κ1) is 105. The highest BCUT2D eigenvalue weighted by atomic mass is 32.2. The molecule has 0 aromatic rings. The highest BCUT2D eigenvalue weighted by Gasteiger charge is 2.30. The average molecular weight is 1710 g/mol. The second kappa shape index (κ2) is 67.9. The van der Waals surface area contributed by atoms with Crippen LogP contribution in [-0.2, 0) is 115 Å². The summed E-state index contributed by atoms with van der Waals surface area (Å²) in [5, 5.41) is 71.9. The molecule has 46 heteroatoms. The molecule has 12 amide bonds. The van der Waals surface area contributed by atoms with Crippen LogP contribution in [0, 0.1) is 0 Å². The summed E-state index contributed by atoms with van der Waals surface area (Å²) in [5.41, 5.74) is 0. The van der Waals surface area contributed by atoms with Gasteiger partial charge in [0, 0.05) is 199 Å². The molecule has 16 N–H and O–H groups in total. The van der Waals surface area contributed by atoms with Gasteiger partial charge in [-0.15, -0.1) is 23.5 Å². The number of amides is 12. The number of hydrazine groups is 1. The molecule has 0 saturated heterocycles. The molecule has 4 atom stereocenters. The first-order chi connectivity index (χ1) is 56.1. The minimum atomic E-state index is -1.45. The van der Waals surface area contributed by atoms with Crippen molar-refractivity contribution in [2.24, 2.45) is 0 Å². The maximum absolute atomic E-state index is 13.4. The molecule has 0 radical (unpaired) electrons. The van der Waals surface area contributed by atoms with Crippen LogP contribution in [0.2, 0.25) is 0 Å². The van der Waals surface area contributed by atoms with Gasteiger partial charge in [0.2, 0.25) is 35.4 Å². The standard InChI is InChI=1S/C71H112N14O30S2/c86-47-114-62(13-15-66(100)101)82-70(108)80-54(68(104)105)11-9-50(88)5-1-35-110-37-3-7-52(90)17-25-72-27-19-56(92)76-31-39-112-41-33-78-58(94)21-29-74-60(96)45-84-64(98)23-43-116-49-117-44-24-65(99)85(84)46-61(97)75-30-22-59(95)79-34-42-113-40-32-77-57(93)20-28-73-26-18-53(91)8-4-38-111-36-2-6-51(89)10-12-55(69(106)107)81-71(109)83-63(115-48-87)14-16-67(102)103/h23-24,43-44,47-48,54-55,62-63,72-73H,1-22,25-42,45-46,49H2,(H,74,96)(H,75,97)(H,76,92)(H,77,93)(H,78,94)(H,79,95)(H,100,101)(H,102,103)(H,104,105)(H,106,107)(H2,80,82,108)(H2,81,83,109)/b43-23+,44-24+/t54-,55-,62+,63+/m0/s1. The first-order valence-electron chi connectivity index (χ1n) is 37.9. The summed E-state index contributed by atoms with van der Waals surface area (Å²) in [5.74, 6) is -10.3. The molecule has 0 saturated carbocycles. The van der Waals surface area contributed by atoms with Crippen molar-refractivity contribution in [3.63, 3.8) is 0 Å². The third kappa shape index (κ3) is 60.0. The number of hydrogen-bond donors (Lipinski definition) is 16. The first-order valence-corrected chi connectivity index (χ1v) is 40.0. The third-order valence-electron chi connectivity index (χ3n) is 15.9. The van der Waals surface area contributed by atoms with Crippen LogP contribution in [0.1, 0.15) is 141 Å². The molecule has 0 bridgehead atoms. The van der Waals surface area contributed by atoms with E-state index in [2.05, 4.69) is 73.3 Å². The van der Waals surface area contributed by atoms with Gasteiger partial charge >= 0.3 is 35.9 Å². The number of nitrogens with one attached hydrogen (secondary N) is 12. The molecule has 0 aromatic carbocycles. The largest absolute Gasteiger partial charge is 0.481 e. The van der Waals surface area contributed by atoms with Crippen molar-refractivity contribution in [2.75, 3.05) is 136 Å². The van der Waals surface area contributed by atoms with E-state index < -0.39 is 122 Å². The van der Waals surface area contributed by atoms with Gasteiger partial charge in [-0.05, 0) is 49.3 Å². The van der Waals surface area contributed by atoms with Crippen molar-refractivity contribution in [2.45, 2.75) is 166 Å². The van der Waals surface area contributed by atoms with Gasteiger partial charge in [0.05, 0.1) is 39.3 Å². The number of carbonyl (C=O) groups is 20. The number of urea groups is 2. The van der Waals surface area contributed by atoms with E-state index in [1.165, 1.54) is 34.3 Å². The van der Waals surface area contributed by atoms with E-state index in [0.717, 1.165) is 22.2 Å². The molecular formula is C71H112N14O30S2. The summed E-state index contributed by atoms with van der Waals surface area (Å²) in [6.07, 6.45) is 0.133. The van der Waals surface area contributed by atoms with E-state index in [-0.39, 0.29) is 243 Å². The predicted octanol–water partition coefficient (Wildman–Crippen LogP) is -2.50. The lowest BCUT2D eigenvalue weighted by molar-refractivity contribution is -0.162. The molecule has 0 aromatic heterocycles. The maximum atomic E-state index is 13.4. The number of carboxylic acids is 4. The molecular weight excluding hydrogens is 1590 g/mol. The molecule has 0 fully saturated rings. The number of rotatable bonds is 72. The van der Waals surface area contributed by atoms with Crippen LogP contribution in [0.5, 0.6) is 0 Å². The Morgan fingerprint density at radius 1 is 0.359 bits per heavy atom. The van der Waals surface area contributed by atoms with E-state index >= 15 is 0 Å². The number of ether oxygens (including phenoxy) is 6. The van der Waals surface area contributed by atoms with Gasteiger partial charge in [-0.25, -0.2) is 29.2 Å². The van der Waals surface area contributed by atoms with Crippen molar-refractivity contribution >= 4 is 143 Å². The van der Waals surface area contributed by atoms with Gasteiger partial charge in [-0.1, -0.05) is 0 Å². The fourth-order valence-corrected chi connectivity index (χ4v) is 11.2. The molecule has 1 aliphatic heterocycles. The van der Waals surface area contributed by atoms with Crippen LogP contribution < -0.4 is 63.8 Å². The lowest BCUT2D eigenvalue weighted by Crippen LogP contribution is -2.55. The lowest BCUT2D eigenvalue weighted by Gasteiger charge is -2.32. The SMILES string of the molecule is O=CO[C@H](CCC(=O)O)NC(=O)N[C@@H](CCC(=O)CCCOCCCC(=O)CCNCCC(=O)NCCOCCNC(=O)CCNC(=O)CN1C(=O)/C=C/SCS/C=C/C(=O)N1CC(=O)NCCC(=O)NCCOCCNC(=O)CCNCCC(=O)CCCOCCCC(=O)CC[C@H](NC(=O)N[C@@H](CCC(=O)O)OC=O)C(=O)O)C(=O)O. The van der Waals surface area contributed by atoms with Gasteiger partial charge in [-0.2, -0.15) is 0 Å². The number of nitrogens with zero attached hydrogens (tertiary/aromatic N) is 2. The molecule has 0 spiro atoms. The van der Waals surface area contributed by atoms with Crippen molar-refractivity contribution in [1.29, 1.82) is 0 Å². The van der Waals surface area contributed by atoms with E-state index in [1.54, 1.807) is 0 Å². The number of thioether (sulfide) groups is 2. The van der Waals surface area contributed by atoms with Crippen molar-refractivity contribution in [1.82, 2.24) is 73.8 Å². The number of carbonyl (C=O) groups excluding carboxylic acids is 16. The molecule has 1 heterocycles. The number of Topliss-reactive ketones (excluding diaryl/α,β-unsaturated/α-hetero) is 4. The second-order valence-electron chi connectivity index (χ2n) is 25.4. The zero-order chi connectivity index (χ0) is 86.6. The number of ketones is 4. The van der Waals surface area contributed by atoms with Gasteiger partial charge in [0.25, 0.3) is 24.8 Å². The highest BCUT2D eigenvalue weighted by Crippen LogP contribution is 2.17. The summed E-state index contributed by atoms with van der Waals surface area (Å²) in [4.78, 5) is 243. The quantitative estimate of drug-likeness (QED) is 0.0170. The summed E-state index contributed by atoms with van der Waals surface area (Å²) < 4.78 is 31.1. The van der Waals surface area contributed by atoms with Gasteiger partial charge in [0.1, 0.15) is 48.3 Å². The topological polar surface area (TPSA) is 629 Å². The summed E-state index contributed by atoms with van der Waals surface area (Å²) in [7, 11) is 0. The van der Waals surface area contributed by atoms with Crippen LogP contribution >= 0.6 is 23.5 Å². The Morgan fingerprint density at radius 2 is 0.658 bits per heavy atom. The van der Waals surface area contributed by atoms with Gasteiger partial charge < -0.3 is 113 Å². The zero-order valence-electron chi connectivity index (χ0n) is 65.3. The fourth-order valence-electron chi connectivity index (χ4n) is 9.80. The smallest absolute Gasteiger partial charge is 0.326 e. The van der Waals surface area contributed by atoms with Crippen LogP contribution in [0.3, 0.4) is 0 Å². The average Bonchev–Trinajstić information content (AvgIpc) is 1.59. The monoisotopic (exact) mass is 1700 g/mol. The minimum Gasteiger partial charge on any atom is -0.481 e. The Hall–Kier alpha value is -10.3. The molecule has 117 heavy (non-hydrogen) atoms. The number of hydrogen-bond acceptors (Lipinski definition) is 30. The van der Waals surface area contributed by atoms with Crippen molar-refractivity contribution in [3.05, 3.63) is 23.0 Å². The van der Waals surface area contributed by atoms with Crippen molar-refractivity contribution < 1.29 is 145 Å². The Balaban J connectivity index is 2.22. The van der Waals surface area contributed by atoms with Crippen LogP contribution in [0.25, 0.3) is 0 Å². The number of aliphatic carboxylic acids is 4. The third-order valence-corrected chi connectivity index (χ3v) is 17.6.